The van der Waals surface area contributed by atoms with Gasteiger partial charge in [0.15, 0.2) is 0 Å². The van der Waals surface area contributed by atoms with Crippen molar-refractivity contribution in [3.05, 3.63) is 5.92 Å². The Bertz CT molecular complexity index is 33.2. The molecule has 0 radical (unpaired) electrons. The highest BCUT2D eigenvalue weighted by Gasteiger charge is 2.02. The molecule has 1 heteroatoms. The molecule has 0 aliphatic rings. The molecule has 0 aliphatic heterocycles. The molecule has 0 aromatic heterocycles. The van der Waals surface area contributed by atoms with Crippen molar-refractivity contribution in [2.24, 2.45) is 0 Å². The van der Waals surface area contributed by atoms with Gasteiger partial charge in [0, 0.05) is 0 Å². The fraction of sp³-hybridized carbons (Fsp3) is 0.833. The Labute approximate surface area is 46.1 Å². The quantitative estimate of drug-likeness (QED) is 0.488. The Morgan fingerprint density at radius 2 is 2.00 bits per heavy atom. The van der Waals surface area contributed by atoms with E-state index in [0.717, 1.165) is 0 Å². The van der Waals surface area contributed by atoms with Gasteiger partial charge in [0.25, 0.3) is 0 Å². The van der Waals surface area contributed by atoms with Crippen LogP contribution in [0.15, 0.2) is 0 Å². The van der Waals surface area contributed by atoms with E-state index in [2.05, 4.69) is 26.1 Å². The highest BCUT2D eigenvalue weighted by atomic mass is 14.8. The lowest BCUT2D eigenvalue weighted by Crippen LogP contribution is -2.84. The number of nitrogens with two attached hydrogens (primary N) is 1. The Balaban J connectivity index is 2.68. The number of quaternary nitrogens is 1. The molecule has 0 atom stereocenters. The molecule has 0 saturated heterocycles. The summed E-state index contributed by atoms with van der Waals surface area (Å²) in [7, 11) is 0. The second kappa shape index (κ2) is 4.00. The first-order chi connectivity index (χ1) is 3.27. The van der Waals surface area contributed by atoms with Gasteiger partial charge >= 0.3 is 0 Å². The highest BCUT2D eigenvalue weighted by molar-refractivity contribution is 4.73. The fourth-order valence-corrected chi connectivity index (χ4v) is 0.433. The summed E-state index contributed by atoms with van der Waals surface area (Å²) in [6.07, 6.45) is 0. The summed E-state index contributed by atoms with van der Waals surface area (Å²) < 4.78 is 0. The second-order valence-electron chi connectivity index (χ2n) is 2.11. The molecule has 0 aliphatic carbocycles. The van der Waals surface area contributed by atoms with Crippen LogP contribution in [0.1, 0.15) is 20.8 Å². The van der Waals surface area contributed by atoms with Crippen molar-refractivity contribution in [1.29, 1.82) is 0 Å². The Morgan fingerprint density at radius 1 is 1.43 bits per heavy atom. The van der Waals surface area contributed by atoms with Crippen LogP contribution >= 0.6 is 0 Å². The van der Waals surface area contributed by atoms with Crippen LogP contribution in [0.25, 0.3) is 0 Å². The topological polar surface area (TPSA) is 16.6 Å². The summed E-state index contributed by atoms with van der Waals surface area (Å²) in [4.78, 5) is 0. The van der Waals surface area contributed by atoms with Crippen LogP contribution in [0.2, 0.25) is 0 Å². The zero-order valence-electron chi connectivity index (χ0n) is 5.49. The normalized spacial score (nSPS) is 9.00. The third kappa shape index (κ3) is 5.83. The predicted molar refractivity (Wildman–Crippen MR) is 31.9 cm³/mol. The molecule has 7 heavy (non-hydrogen) atoms. The molecule has 42 valence electrons. The van der Waals surface area contributed by atoms with Crippen LogP contribution < -0.4 is 5.32 Å². The number of rotatable bonds is 3. The van der Waals surface area contributed by atoms with Gasteiger partial charge in [-0.15, -0.1) is 0 Å². The van der Waals surface area contributed by atoms with Gasteiger partial charge in [-0.3, -0.25) is 0 Å². The van der Waals surface area contributed by atoms with E-state index in [1.807, 2.05) is 0 Å². The van der Waals surface area contributed by atoms with E-state index in [1.165, 1.54) is 19.0 Å². The van der Waals surface area contributed by atoms with Gasteiger partial charge in [-0.1, -0.05) is 0 Å². The summed E-state index contributed by atoms with van der Waals surface area (Å²) in [5.74, 6) is 1.50. The van der Waals surface area contributed by atoms with Gasteiger partial charge in [-0.25, -0.2) is 0 Å². The summed E-state index contributed by atoms with van der Waals surface area (Å²) in [6.45, 7) is 8.88. The summed E-state index contributed by atoms with van der Waals surface area (Å²) >= 11 is 0. The van der Waals surface area contributed by atoms with Gasteiger partial charge in [0.05, 0.1) is 20.4 Å². The molecule has 0 spiro atoms. The Hall–Kier alpha value is -0.170. The molecular formula is C6H15N+2. The standard InChI is InChI=1S/C6H14N/c1-4-7-5-6(2)3/h7H,4-5H2,1-3H3/q+1/p+1. The van der Waals surface area contributed by atoms with Crippen molar-refractivity contribution in [2.45, 2.75) is 20.8 Å². The van der Waals surface area contributed by atoms with E-state index in [-0.39, 0.29) is 0 Å². The lowest BCUT2D eigenvalue weighted by molar-refractivity contribution is -0.647. The first-order valence-corrected chi connectivity index (χ1v) is 2.88. The van der Waals surface area contributed by atoms with E-state index in [9.17, 15) is 0 Å². The molecule has 0 fully saturated rings. The van der Waals surface area contributed by atoms with Gasteiger partial charge in [0.2, 0.25) is 6.54 Å². The first kappa shape index (κ1) is 6.83. The van der Waals surface area contributed by atoms with Crippen molar-refractivity contribution in [3.8, 4) is 0 Å². The zero-order chi connectivity index (χ0) is 5.70. The third-order valence-corrected chi connectivity index (χ3v) is 0.841. The van der Waals surface area contributed by atoms with Gasteiger partial charge in [0.1, 0.15) is 5.92 Å². The molecule has 1 nitrogen and oxygen atoms in total. The van der Waals surface area contributed by atoms with Crippen molar-refractivity contribution in [3.63, 3.8) is 0 Å². The minimum atomic E-state index is 1.19. The first-order valence-electron chi connectivity index (χ1n) is 2.88. The van der Waals surface area contributed by atoms with Gasteiger partial charge < -0.3 is 5.32 Å². The van der Waals surface area contributed by atoms with Crippen LogP contribution in [-0.2, 0) is 0 Å². The van der Waals surface area contributed by atoms with E-state index >= 15 is 0 Å². The van der Waals surface area contributed by atoms with Crippen molar-refractivity contribution >= 4 is 0 Å². The van der Waals surface area contributed by atoms with E-state index in [1.54, 1.807) is 0 Å². The van der Waals surface area contributed by atoms with Crippen molar-refractivity contribution in [2.75, 3.05) is 13.1 Å². The van der Waals surface area contributed by atoms with E-state index in [4.69, 9.17) is 0 Å². The van der Waals surface area contributed by atoms with Crippen molar-refractivity contribution < 1.29 is 5.32 Å². The SMILES string of the molecule is CC[NH2+]C[C+](C)C. The minimum Gasteiger partial charge on any atom is -0.309 e. The monoisotopic (exact) mass is 101 g/mol. The molecule has 2 N–H and O–H groups in total. The molecular weight excluding hydrogens is 86.1 g/mol. The highest BCUT2D eigenvalue weighted by Crippen LogP contribution is 1.84. The zero-order valence-corrected chi connectivity index (χ0v) is 5.49. The van der Waals surface area contributed by atoms with Crippen LogP contribution in [0.5, 0.6) is 0 Å². The molecule has 0 unspecified atom stereocenters. The van der Waals surface area contributed by atoms with Gasteiger partial charge in [-0.2, -0.15) is 0 Å². The minimum absolute atomic E-state index is 1.19. The molecule has 0 bridgehead atoms. The van der Waals surface area contributed by atoms with Crippen LogP contribution in [0.4, 0.5) is 0 Å². The molecule has 0 heterocycles. The molecule has 0 aromatic rings. The van der Waals surface area contributed by atoms with Crippen LogP contribution in [0, 0.1) is 5.92 Å². The summed E-state index contributed by atoms with van der Waals surface area (Å²) in [5.41, 5.74) is 0. The van der Waals surface area contributed by atoms with Crippen LogP contribution in [0.3, 0.4) is 0 Å². The van der Waals surface area contributed by atoms with Gasteiger partial charge in [-0.05, 0) is 6.92 Å². The largest absolute Gasteiger partial charge is 0.309 e. The smallest absolute Gasteiger partial charge is 0.210 e. The average molecular weight is 101 g/mol. The Kier molecular flexibility index (Phi) is 3.90. The number of hydrogen-bond acceptors (Lipinski definition) is 0. The average Bonchev–Trinajstić information content (AvgIpc) is 1.61. The number of hydrogen-bond donors (Lipinski definition) is 1. The molecule has 0 rings (SSSR count). The lowest BCUT2D eigenvalue weighted by Gasteiger charge is -1.89. The Morgan fingerprint density at radius 3 is 2.14 bits per heavy atom. The predicted octanol–water partition coefficient (Wildman–Crippen LogP) is 0.184. The fourth-order valence-electron chi connectivity index (χ4n) is 0.433. The second-order valence-corrected chi connectivity index (χ2v) is 2.11. The van der Waals surface area contributed by atoms with E-state index in [0.29, 0.717) is 0 Å². The van der Waals surface area contributed by atoms with Crippen LogP contribution in [-0.4, -0.2) is 13.1 Å². The summed E-state index contributed by atoms with van der Waals surface area (Å²) in [6, 6.07) is 0. The maximum Gasteiger partial charge on any atom is 0.210 e. The third-order valence-electron chi connectivity index (χ3n) is 0.841. The lowest BCUT2D eigenvalue weighted by atomic mass is 10.2. The maximum atomic E-state index is 2.29. The molecule has 0 saturated carbocycles. The maximum absolute atomic E-state index is 2.29. The summed E-state index contributed by atoms with van der Waals surface area (Å²) in [5, 5.41) is 2.29. The van der Waals surface area contributed by atoms with E-state index < -0.39 is 0 Å². The molecule has 0 aromatic carbocycles. The van der Waals surface area contributed by atoms with Crippen molar-refractivity contribution in [1.82, 2.24) is 0 Å². The molecule has 0 amide bonds.